The zero-order valence-electron chi connectivity index (χ0n) is 16.4. The predicted octanol–water partition coefficient (Wildman–Crippen LogP) is 1.59. The molecule has 5 rings (SSSR count). The summed E-state index contributed by atoms with van der Waals surface area (Å²) in [7, 11) is 0. The molecule has 0 aromatic heterocycles. The van der Waals surface area contributed by atoms with Crippen molar-refractivity contribution in [3.8, 4) is 0 Å². The Morgan fingerprint density at radius 2 is 1.73 bits per heavy atom. The van der Waals surface area contributed by atoms with Gasteiger partial charge in [-0.15, -0.1) is 0 Å². The van der Waals surface area contributed by atoms with Crippen LogP contribution in [-0.2, 0) is 24.7 Å². The van der Waals surface area contributed by atoms with Gasteiger partial charge in [-0.2, -0.15) is 0 Å². The summed E-state index contributed by atoms with van der Waals surface area (Å²) in [6, 6.07) is 13.4. The molecule has 2 aromatic rings. The van der Waals surface area contributed by atoms with Crippen molar-refractivity contribution in [1.29, 1.82) is 0 Å². The van der Waals surface area contributed by atoms with Crippen LogP contribution in [0.3, 0.4) is 0 Å². The van der Waals surface area contributed by atoms with E-state index in [1.165, 1.54) is 11.8 Å². The molecule has 0 aliphatic carbocycles. The number of benzene rings is 2. The molecular formula is C22H20N4O4. The number of hydrogen-bond donors (Lipinski definition) is 3. The molecule has 3 N–H and O–H groups in total. The molecule has 4 amide bonds. The first kappa shape index (κ1) is 18.5. The third kappa shape index (κ3) is 2.31. The number of rotatable bonds is 2. The summed E-state index contributed by atoms with van der Waals surface area (Å²) in [5.74, 6) is -2.74. The quantitative estimate of drug-likeness (QED) is 0.659. The second kappa shape index (κ2) is 6.24. The molecule has 0 radical (unpaired) electrons. The number of fused-ring (bicyclic) bond motifs is 4. The molecule has 3 aliphatic rings. The first-order valence-corrected chi connectivity index (χ1v) is 9.78. The lowest BCUT2D eigenvalue weighted by molar-refractivity contribution is -0.130. The van der Waals surface area contributed by atoms with Crippen molar-refractivity contribution in [2.24, 2.45) is 11.8 Å². The normalized spacial score (nSPS) is 29.2. The third-order valence-electron chi connectivity index (χ3n) is 6.22. The lowest BCUT2D eigenvalue weighted by Gasteiger charge is -2.29. The fourth-order valence-corrected chi connectivity index (χ4v) is 5.07. The number of imide groups is 1. The number of carbonyl (C=O) groups excluding carboxylic acids is 4. The summed E-state index contributed by atoms with van der Waals surface area (Å²) in [4.78, 5) is 52.3. The molecule has 152 valence electrons. The fourth-order valence-electron chi connectivity index (χ4n) is 5.07. The number of anilines is 3. The summed E-state index contributed by atoms with van der Waals surface area (Å²) < 4.78 is 0. The largest absolute Gasteiger partial charge is 0.326 e. The topological polar surface area (TPSA) is 108 Å². The number of carbonyl (C=O) groups is 4. The van der Waals surface area contributed by atoms with Crippen LogP contribution in [0.15, 0.2) is 48.5 Å². The van der Waals surface area contributed by atoms with E-state index in [2.05, 4.69) is 16.0 Å². The first-order chi connectivity index (χ1) is 14.3. The van der Waals surface area contributed by atoms with E-state index in [0.717, 1.165) is 0 Å². The van der Waals surface area contributed by atoms with Gasteiger partial charge in [-0.25, -0.2) is 4.90 Å². The van der Waals surface area contributed by atoms with Gasteiger partial charge in [0.2, 0.25) is 23.6 Å². The van der Waals surface area contributed by atoms with Gasteiger partial charge in [-0.1, -0.05) is 18.2 Å². The maximum atomic E-state index is 13.5. The van der Waals surface area contributed by atoms with Gasteiger partial charge in [0, 0.05) is 29.9 Å². The Hall–Kier alpha value is -3.52. The molecule has 0 unspecified atom stereocenters. The Kier molecular flexibility index (Phi) is 3.85. The van der Waals surface area contributed by atoms with Crippen LogP contribution in [0.25, 0.3) is 0 Å². The molecule has 3 aliphatic heterocycles. The second-order valence-corrected chi connectivity index (χ2v) is 7.98. The molecular weight excluding hydrogens is 384 g/mol. The third-order valence-corrected chi connectivity index (χ3v) is 6.22. The van der Waals surface area contributed by atoms with Crippen LogP contribution in [0, 0.1) is 11.8 Å². The average molecular weight is 404 g/mol. The van der Waals surface area contributed by atoms with Crippen LogP contribution in [0.1, 0.15) is 19.4 Å². The molecule has 8 nitrogen and oxygen atoms in total. The second-order valence-electron chi connectivity index (χ2n) is 7.98. The smallest absolute Gasteiger partial charge is 0.250 e. The van der Waals surface area contributed by atoms with Gasteiger partial charge in [0.25, 0.3) is 0 Å². The molecule has 1 spiro atoms. The van der Waals surface area contributed by atoms with Crippen LogP contribution in [0.2, 0.25) is 0 Å². The Balaban J connectivity index is 1.56. The summed E-state index contributed by atoms with van der Waals surface area (Å²) >= 11 is 0. The van der Waals surface area contributed by atoms with E-state index in [9.17, 15) is 19.2 Å². The zero-order valence-corrected chi connectivity index (χ0v) is 16.4. The molecule has 30 heavy (non-hydrogen) atoms. The molecule has 3 heterocycles. The van der Waals surface area contributed by atoms with Crippen LogP contribution in [-0.4, -0.2) is 29.7 Å². The molecule has 0 bridgehead atoms. The van der Waals surface area contributed by atoms with E-state index in [1.54, 1.807) is 30.3 Å². The highest BCUT2D eigenvalue weighted by Gasteiger charge is 2.69. The molecule has 2 fully saturated rings. The van der Waals surface area contributed by atoms with Crippen molar-refractivity contribution in [2.45, 2.75) is 25.4 Å². The van der Waals surface area contributed by atoms with E-state index in [0.29, 0.717) is 22.6 Å². The highest BCUT2D eigenvalue weighted by Crippen LogP contribution is 2.53. The number of nitrogens with one attached hydrogen (secondary N) is 3. The van der Waals surface area contributed by atoms with Crippen LogP contribution >= 0.6 is 0 Å². The van der Waals surface area contributed by atoms with Crippen molar-refractivity contribution in [3.63, 3.8) is 0 Å². The number of hydrogen-bond acceptors (Lipinski definition) is 5. The van der Waals surface area contributed by atoms with Crippen molar-refractivity contribution in [3.05, 3.63) is 54.1 Å². The Morgan fingerprint density at radius 1 is 1.03 bits per heavy atom. The molecule has 8 heteroatoms. The minimum atomic E-state index is -1.27. The van der Waals surface area contributed by atoms with Gasteiger partial charge in [-0.05, 0) is 37.3 Å². The summed E-state index contributed by atoms with van der Waals surface area (Å²) in [6.45, 7) is 3.23. The number of para-hydroxylation sites is 1. The van der Waals surface area contributed by atoms with Crippen molar-refractivity contribution < 1.29 is 19.2 Å². The highest BCUT2D eigenvalue weighted by atomic mass is 16.2. The maximum Gasteiger partial charge on any atom is 0.250 e. The molecule has 4 atom stereocenters. The van der Waals surface area contributed by atoms with Gasteiger partial charge < -0.3 is 10.6 Å². The summed E-state index contributed by atoms with van der Waals surface area (Å²) in [6.07, 6.45) is 0. The highest BCUT2D eigenvalue weighted by molar-refractivity contribution is 6.25. The van der Waals surface area contributed by atoms with Crippen LogP contribution < -0.4 is 20.9 Å². The number of nitrogens with zero attached hydrogens (tertiary/aromatic N) is 1. The average Bonchev–Trinajstić information content (AvgIpc) is 3.27. The van der Waals surface area contributed by atoms with E-state index < -0.39 is 23.3 Å². The minimum Gasteiger partial charge on any atom is -0.326 e. The summed E-state index contributed by atoms with van der Waals surface area (Å²) in [5, 5.41) is 8.79. The molecule has 0 saturated carbocycles. The van der Waals surface area contributed by atoms with Crippen molar-refractivity contribution in [2.75, 3.05) is 15.5 Å². The molecule has 2 saturated heterocycles. The van der Waals surface area contributed by atoms with Gasteiger partial charge in [-0.3, -0.25) is 24.5 Å². The SMILES string of the molecule is CC(=O)Nc1ccc(N2C(=O)[C@H]3[C@@H](C2=O)[C@]2(N[C@@H]3C)C(=O)Nc3ccccc32)cc1. The van der Waals surface area contributed by atoms with E-state index in [-0.39, 0.29) is 23.8 Å². The Labute approximate surface area is 172 Å². The molecule has 2 aromatic carbocycles. The van der Waals surface area contributed by atoms with Crippen LogP contribution in [0.4, 0.5) is 17.1 Å². The van der Waals surface area contributed by atoms with E-state index in [1.807, 2.05) is 25.1 Å². The monoisotopic (exact) mass is 404 g/mol. The standard InChI is InChI=1S/C22H20N4O4/c1-11-17-18(22(25-11)15-5-3-4-6-16(15)24-21(22)30)20(29)26(19(17)28)14-9-7-13(8-10-14)23-12(2)27/h3-11,17-18,25H,1-2H3,(H,23,27)(H,24,30)/t11-,17-,18+,22+/m1/s1. The van der Waals surface area contributed by atoms with Gasteiger partial charge in [0.1, 0.15) is 5.54 Å². The first-order valence-electron chi connectivity index (χ1n) is 9.78. The van der Waals surface area contributed by atoms with Gasteiger partial charge in [0.05, 0.1) is 17.5 Å². The predicted molar refractivity (Wildman–Crippen MR) is 110 cm³/mol. The van der Waals surface area contributed by atoms with E-state index >= 15 is 0 Å². The van der Waals surface area contributed by atoms with Crippen molar-refractivity contribution >= 4 is 40.7 Å². The Bertz CT molecular complexity index is 1110. The van der Waals surface area contributed by atoms with E-state index in [4.69, 9.17) is 0 Å². The van der Waals surface area contributed by atoms with Gasteiger partial charge >= 0.3 is 0 Å². The minimum absolute atomic E-state index is 0.210. The summed E-state index contributed by atoms with van der Waals surface area (Å²) in [5.41, 5.74) is 1.07. The fraction of sp³-hybridized carbons (Fsp3) is 0.273. The lowest BCUT2D eigenvalue weighted by Crippen LogP contribution is -2.53. The number of amides is 4. The zero-order chi connectivity index (χ0) is 21.2. The maximum absolute atomic E-state index is 13.5. The Morgan fingerprint density at radius 3 is 2.43 bits per heavy atom. The lowest BCUT2D eigenvalue weighted by atomic mass is 9.76. The van der Waals surface area contributed by atoms with Gasteiger partial charge in [0.15, 0.2) is 0 Å². The van der Waals surface area contributed by atoms with Crippen molar-refractivity contribution in [1.82, 2.24) is 5.32 Å². The van der Waals surface area contributed by atoms with Crippen LogP contribution in [0.5, 0.6) is 0 Å².